The molecule has 0 unspecified atom stereocenters. The third kappa shape index (κ3) is 4.69. The van der Waals surface area contributed by atoms with Gasteiger partial charge in [-0.25, -0.2) is 14.6 Å². The lowest BCUT2D eigenvalue weighted by molar-refractivity contribution is 0.0955. The molecule has 0 bridgehead atoms. The SMILES string of the molecule is Cc1cccc(C(=O)NCCNc2cc(-n3nc(C)cc3C)nc(C)n2)c1. The van der Waals surface area contributed by atoms with E-state index in [2.05, 4.69) is 25.7 Å². The largest absolute Gasteiger partial charge is 0.368 e. The van der Waals surface area contributed by atoms with Gasteiger partial charge in [0.25, 0.3) is 5.91 Å². The highest BCUT2D eigenvalue weighted by Crippen LogP contribution is 2.13. The molecule has 0 aliphatic carbocycles. The summed E-state index contributed by atoms with van der Waals surface area (Å²) in [4.78, 5) is 21.0. The molecule has 0 spiro atoms. The number of carbonyl (C=O) groups is 1. The molecule has 27 heavy (non-hydrogen) atoms. The van der Waals surface area contributed by atoms with E-state index in [9.17, 15) is 4.79 Å². The Labute approximate surface area is 158 Å². The van der Waals surface area contributed by atoms with Crippen molar-refractivity contribution in [2.45, 2.75) is 27.7 Å². The normalized spacial score (nSPS) is 10.7. The summed E-state index contributed by atoms with van der Waals surface area (Å²) in [5.74, 6) is 2.00. The van der Waals surface area contributed by atoms with Crippen LogP contribution >= 0.6 is 0 Å². The molecule has 7 heteroatoms. The van der Waals surface area contributed by atoms with Gasteiger partial charge in [0, 0.05) is 30.4 Å². The Kier molecular flexibility index (Phi) is 5.49. The monoisotopic (exact) mass is 364 g/mol. The van der Waals surface area contributed by atoms with Crippen molar-refractivity contribution in [3.05, 3.63) is 64.7 Å². The zero-order valence-corrected chi connectivity index (χ0v) is 16.1. The van der Waals surface area contributed by atoms with E-state index in [1.807, 2.05) is 64.1 Å². The fourth-order valence-corrected chi connectivity index (χ4v) is 2.87. The number of hydrogen-bond donors (Lipinski definition) is 2. The van der Waals surface area contributed by atoms with Crippen LogP contribution in [0.2, 0.25) is 0 Å². The Morgan fingerprint density at radius 2 is 1.85 bits per heavy atom. The maximum absolute atomic E-state index is 12.2. The molecule has 3 rings (SSSR count). The van der Waals surface area contributed by atoms with Crippen molar-refractivity contribution >= 4 is 11.7 Å². The van der Waals surface area contributed by atoms with Crippen molar-refractivity contribution in [2.24, 2.45) is 0 Å². The number of benzene rings is 1. The highest BCUT2D eigenvalue weighted by molar-refractivity contribution is 5.94. The van der Waals surface area contributed by atoms with Crippen molar-refractivity contribution in [1.29, 1.82) is 0 Å². The first-order chi connectivity index (χ1) is 12.9. The summed E-state index contributed by atoms with van der Waals surface area (Å²) in [6.45, 7) is 8.81. The fourth-order valence-electron chi connectivity index (χ4n) is 2.87. The summed E-state index contributed by atoms with van der Waals surface area (Å²) in [5.41, 5.74) is 3.69. The van der Waals surface area contributed by atoms with Crippen LogP contribution in [-0.4, -0.2) is 38.7 Å². The third-order valence-corrected chi connectivity index (χ3v) is 4.05. The molecule has 0 saturated carbocycles. The van der Waals surface area contributed by atoms with Gasteiger partial charge in [0.1, 0.15) is 11.6 Å². The molecule has 2 N–H and O–H groups in total. The maximum Gasteiger partial charge on any atom is 0.251 e. The molecule has 0 fully saturated rings. The summed E-state index contributed by atoms with van der Waals surface area (Å²) in [6.07, 6.45) is 0. The van der Waals surface area contributed by atoms with Crippen LogP contribution in [0.25, 0.3) is 5.82 Å². The molecule has 0 atom stereocenters. The minimum Gasteiger partial charge on any atom is -0.368 e. The van der Waals surface area contributed by atoms with E-state index in [1.165, 1.54) is 0 Å². The minimum absolute atomic E-state index is 0.0808. The summed E-state index contributed by atoms with van der Waals surface area (Å²) < 4.78 is 1.80. The lowest BCUT2D eigenvalue weighted by Crippen LogP contribution is -2.29. The molecule has 0 aliphatic heterocycles. The zero-order valence-electron chi connectivity index (χ0n) is 16.1. The van der Waals surface area contributed by atoms with Crippen LogP contribution in [0.3, 0.4) is 0 Å². The second-order valence-corrected chi connectivity index (χ2v) is 6.55. The van der Waals surface area contributed by atoms with Crippen molar-refractivity contribution in [1.82, 2.24) is 25.1 Å². The summed E-state index contributed by atoms with van der Waals surface area (Å²) in [5, 5.41) is 10.6. The van der Waals surface area contributed by atoms with Crippen molar-refractivity contribution < 1.29 is 4.79 Å². The predicted molar refractivity (Wildman–Crippen MR) is 105 cm³/mol. The van der Waals surface area contributed by atoms with Gasteiger partial charge in [0.15, 0.2) is 5.82 Å². The van der Waals surface area contributed by atoms with E-state index in [1.54, 1.807) is 4.68 Å². The fraction of sp³-hybridized carbons (Fsp3) is 0.300. The van der Waals surface area contributed by atoms with E-state index in [0.717, 1.165) is 22.8 Å². The van der Waals surface area contributed by atoms with Gasteiger partial charge in [0.05, 0.1) is 5.69 Å². The number of amides is 1. The Morgan fingerprint density at radius 3 is 2.56 bits per heavy atom. The van der Waals surface area contributed by atoms with Crippen molar-refractivity contribution in [3.8, 4) is 5.82 Å². The van der Waals surface area contributed by atoms with Crippen LogP contribution in [-0.2, 0) is 0 Å². The number of anilines is 1. The molecule has 1 amide bonds. The molecular formula is C20H24N6O. The molecule has 7 nitrogen and oxygen atoms in total. The van der Waals surface area contributed by atoms with Crippen LogP contribution in [0, 0.1) is 27.7 Å². The number of nitrogens with zero attached hydrogens (tertiary/aromatic N) is 4. The van der Waals surface area contributed by atoms with Gasteiger partial charge in [-0.2, -0.15) is 5.10 Å². The van der Waals surface area contributed by atoms with E-state index >= 15 is 0 Å². The van der Waals surface area contributed by atoms with Gasteiger partial charge in [-0.05, 0) is 45.9 Å². The standard InChI is InChI=1S/C20H24N6O/c1-13-6-5-7-17(10-13)20(27)22-9-8-21-18-12-19(24-16(4)23-18)26-15(3)11-14(2)25-26/h5-7,10-12H,8-9H2,1-4H3,(H,22,27)(H,21,23,24). The number of carbonyl (C=O) groups excluding carboxylic acids is 1. The van der Waals surface area contributed by atoms with Gasteiger partial charge < -0.3 is 10.6 Å². The van der Waals surface area contributed by atoms with E-state index in [-0.39, 0.29) is 5.91 Å². The number of aryl methyl sites for hydroxylation is 4. The van der Waals surface area contributed by atoms with Crippen LogP contribution in [0.15, 0.2) is 36.4 Å². The number of rotatable bonds is 6. The van der Waals surface area contributed by atoms with Crippen LogP contribution in [0.5, 0.6) is 0 Å². The topological polar surface area (TPSA) is 84.7 Å². The first-order valence-electron chi connectivity index (χ1n) is 8.90. The van der Waals surface area contributed by atoms with Gasteiger partial charge in [0.2, 0.25) is 0 Å². The predicted octanol–water partition coefficient (Wildman–Crippen LogP) is 2.74. The average molecular weight is 364 g/mol. The molecule has 0 radical (unpaired) electrons. The molecule has 0 aliphatic rings. The Bertz CT molecular complexity index is 963. The van der Waals surface area contributed by atoms with Gasteiger partial charge in [-0.15, -0.1) is 0 Å². The first-order valence-corrected chi connectivity index (χ1v) is 8.90. The molecule has 2 heterocycles. The quantitative estimate of drug-likeness (QED) is 0.657. The van der Waals surface area contributed by atoms with Crippen molar-refractivity contribution in [3.63, 3.8) is 0 Å². The number of aromatic nitrogens is 4. The highest BCUT2D eigenvalue weighted by atomic mass is 16.1. The smallest absolute Gasteiger partial charge is 0.251 e. The van der Waals surface area contributed by atoms with Crippen LogP contribution in [0.4, 0.5) is 5.82 Å². The minimum atomic E-state index is -0.0808. The van der Waals surface area contributed by atoms with Gasteiger partial charge in [-0.3, -0.25) is 4.79 Å². The van der Waals surface area contributed by atoms with E-state index in [4.69, 9.17) is 0 Å². The molecular weight excluding hydrogens is 340 g/mol. The average Bonchev–Trinajstić information content (AvgIpc) is 2.96. The summed E-state index contributed by atoms with van der Waals surface area (Å²) >= 11 is 0. The highest BCUT2D eigenvalue weighted by Gasteiger charge is 2.09. The van der Waals surface area contributed by atoms with Gasteiger partial charge >= 0.3 is 0 Å². The number of nitrogens with one attached hydrogen (secondary N) is 2. The van der Waals surface area contributed by atoms with Gasteiger partial charge in [-0.1, -0.05) is 17.7 Å². The Hall–Kier alpha value is -3.22. The maximum atomic E-state index is 12.2. The molecule has 2 aromatic heterocycles. The van der Waals surface area contributed by atoms with Crippen LogP contribution in [0.1, 0.15) is 33.1 Å². The number of hydrogen-bond acceptors (Lipinski definition) is 5. The van der Waals surface area contributed by atoms with Crippen LogP contribution < -0.4 is 10.6 Å². The summed E-state index contributed by atoms with van der Waals surface area (Å²) in [7, 11) is 0. The molecule has 140 valence electrons. The molecule has 1 aromatic carbocycles. The second kappa shape index (κ2) is 7.99. The van der Waals surface area contributed by atoms with Crippen molar-refractivity contribution in [2.75, 3.05) is 18.4 Å². The second-order valence-electron chi connectivity index (χ2n) is 6.55. The third-order valence-electron chi connectivity index (χ3n) is 4.05. The Balaban J connectivity index is 1.60. The molecule has 0 saturated heterocycles. The Morgan fingerprint density at radius 1 is 1.04 bits per heavy atom. The lowest BCUT2D eigenvalue weighted by atomic mass is 10.1. The van der Waals surface area contributed by atoms with E-state index < -0.39 is 0 Å². The van der Waals surface area contributed by atoms with E-state index in [0.29, 0.717) is 30.3 Å². The first kappa shape index (κ1) is 18.6. The zero-order chi connectivity index (χ0) is 19.4. The summed E-state index contributed by atoms with van der Waals surface area (Å²) in [6, 6.07) is 11.4. The lowest BCUT2D eigenvalue weighted by Gasteiger charge is -2.10. The molecule has 3 aromatic rings.